The highest BCUT2D eigenvalue weighted by molar-refractivity contribution is 5.05. The van der Waals surface area contributed by atoms with Crippen LogP contribution < -0.4 is 11.2 Å². The summed E-state index contributed by atoms with van der Waals surface area (Å²) in [5, 5.41) is 4.43. The molecule has 1 atom stereocenters. The molecule has 1 unspecified atom stereocenters. The first-order valence-corrected chi connectivity index (χ1v) is 6.35. The van der Waals surface area contributed by atoms with Gasteiger partial charge in [-0.15, -0.1) is 0 Å². The maximum atomic E-state index is 11.7. The summed E-state index contributed by atoms with van der Waals surface area (Å²) in [6.07, 6.45) is 4.47. The Kier molecular flexibility index (Phi) is 3.69. The Hall–Kier alpha value is -2.11. The zero-order valence-corrected chi connectivity index (χ0v) is 11.4. The van der Waals surface area contributed by atoms with Gasteiger partial charge in [-0.2, -0.15) is 5.10 Å². The molecule has 0 aromatic carbocycles. The summed E-state index contributed by atoms with van der Waals surface area (Å²) in [5.74, 6) is 0. The largest absolute Gasteiger partial charge is 0.328 e. The van der Waals surface area contributed by atoms with E-state index in [4.69, 9.17) is 0 Å². The van der Waals surface area contributed by atoms with Crippen LogP contribution >= 0.6 is 0 Å². The van der Waals surface area contributed by atoms with Gasteiger partial charge in [-0.05, 0) is 26.3 Å². The maximum Gasteiger partial charge on any atom is 0.328 e. The second-order valence-electron chi connectivity index (χ2n) is 4.74. The molecule has 0 saturated heterocycles. The summed E-state index contributed by atoms with van der Waals surface area (Å²) in [7, 11) is 0. The van der Waals surface area contributed by atoms with Crippen molar-refractivity contribution in [2.75, 3.05) is 0 Å². The van der Waals surface area contributed by atoms with Crippen LogP contribution in [0, 0.1) is 6.92 Å². The maximum absolute atomic E-state index is 11.7. The normalized spacial score (nSPS) is 12.6. The van der Waals surface area contributed by atoms with Crippen LogP contribution in [0.4, 0.5) is 0 Å². The molecule has 0 aliphatic heterocycles. The zero-order chi connectivity index (χ0) is 14.0. The number of nitrogens with one attached hydrogen (secondary N) is 1. The molecule has 0 aliphatic rings. The van der Waals surface area contributed by atoms with Crippen LogP contribution in [0.25, 0.3) is 0 Å². The van der Waals surface area contributed by atoms with Crippen molar-refractivity contribution in [2.24, 2.45) is 0 Å². The molecule has 0 fully saturated rings. The molecule has 2 heterocycles. The molecule has 0 spiro atoms. The molecule has 2 rings (SSSR count). The molecule has 0 aliphatic carbocycles. The first-order valence-electron chi connectivity index (χ1n) is 6.35. The second-order valence-corrected chi connectivity index (χ2v) is 4.74. The van der Waals surface area contributed by atoms with Crippen LogP contribution in [0.5, 0.6) is 0 Å². The van der Waals surface area contributed by atoms with Crippen LogP contribution in [0.3, 0.4) is 0 Å². The topological polar surface area (TPSA) is 72.7 Å². The van der Waals surface area contributed by atoms with Crippen molar-refractivity contribution < 1.29 is 0 Å². The molecule has 102 valence electrons. The average molecular weight is 262 g/mol. The van der Waals surface area contributed by atoms with Crippen LogP contribution in [0.15, 0.2) is 28.0 Å². The summed E-state index contributed by atoms with van der Waals surface area (Å²) in [4.78, 5) is 25.2. The van der Waals surface area contributed by atoms with Crippen molar-refractivity contribution >= 4 is 0 Å². The van der Waals surface area contributed by atoms with Gasteiger partial charge in [0, 0.05) is 24.0 Å². The van der Waals surface area contributed by atoms with Crippen molar-refractivity contribution in [3.63, 3.8) is 0 Å². The van der Waals surface area contributed by atoms with Crippen LogP contribution in [-0.2, 0) is 6.54 Å². The van der Waals surface area contributed by atoms with Gasteiger partial charge in [-0.3, -0.25) is 19.0 Å². The van der Waals surface area contributed by atoms with Crippen LogP contribution in [0.2, 0.25) is 0 Å². The Morgan fingerprint density at radius 3 is 2.84 bits per heavy atom. The Morgan fingerprint density at radius 1 is 1.42 bits per heavy atom. The molecule has 0 amide bonds. The number of hydrogen-bond acceptors (Lipinski definition) is 3. The van der Waals surface area contributed by atoms with E-state index in [0.29, 0.717) is 18.2 Å². The van der Waals surface area contributed by atoms with Crippen molar-refractivity contribution in [3.05, 3.63) is 50.6 Å². The summed E-state index contributed by atoms with van der Waals surface area (Å²) in [5.41, 5.74) is 0.565. The molecule has 0 saturated carbocycles. The lowest BCUT2D eigenvalue weighted by molar-refractivity contribution is 0.471. The van der Waals surface area contributed by atoms with Gasteiger partial charge in [0.25, 0.3) is 5.56 Å². The van der Waals surface area contributed by atoms with Crippen molar-refractivity contribution in [2.45, 2.75) is 39.8 Å². The molecule has 0 bridgehead atoms. The van der Waals surface area contributed by atoms with E-state index in [0.717, 1.165) is 12.1 Å². The van der Waals surface area contributed by atoms with E-state index in [1.807, 2.05) is 16.9 Å². The van der Waals surface area contributed by atoms with E-state index in [9.17, 15) is 9.59 Å². The quantitative estimate of drug-likeness (QED) is 0.895. The number of aromatic nitrogens is 4. The molecule has 0 radical (unpaired) electrons. The van der Waals surface area contributed by atoms with Crippen molar-refractivity contribution in [1.82, 2.24) is 19.3 Å². The van der Waals surface area contributed by atoms with Gasteiger partial charge in [0.2, 0.25) is 0 Å². The highest BCUT2D eigenvalue weighted by Crippen LogP contribution is 2.09. The van der Waals surface area contributed by atoms with E-state index >= 15 is 0 Å². The van der Waals surface area contributed by atoms with Gasteiger partial charge in [0.1, 0.15) is 0 Å². The highest BCUT2D eigenvalue weighted by Gasteiger charge is 2.07. The molecular formula is C13H18N4O2. The Labute approximate surface area is 110 Å². The first kappa shape index (κ1) is 13.3. The van der Waals surface area contributed by atoms with Gasteiger partial charge in [-0.1, -0.05) is 6.92 Å². The highest BCUT2D eigenvalue weighted by atomic mass is 16.2. The van der Waals surface area contributed by atoms with Gasteiger partial charge in [0.15, 0.2) is 0 Å². The third-order valence-corrected chi connectivity index (χ3v) is 3.23. The molecule has 6 heteroatoms. The summed E-state index contributed by atoms with van der Waals surface area (Å²) >= 11 is 0. The van der Waals surface area contributed by atoms with Crippen LogP contribution in [0.1, 0.15) is 37.6 Å². The Bertz CT molecular complexity index is 680. The number of hydrogen-bond donors (Lipinski definition) is 1. The van der Waals surface area contributed by atoms with Gasteiger partial charge in [0.05, 0.1) is 12.2 Å². The van der Waals surface area contributed by atoms with E-state index < -0.39 is 5.69 Å². The van der Waals surface area contributed by atoms with E-state index in [2.05, 4.69) is 23.9 Å². The van der Waals surface area contributed by atoms with E-state index in [1.165, 1.54) is 4.57 Å². The number of H-pyrrole nitrogens is 1. The predicted molar refractivity (Wildman–Crippen MR) is 72.4 cm³/mol. The van der Waals surface area contributed by atoms with E-state index in [-0.39, 0.29) is 5.56 Å². The molecular weight excluding hydrogens is 244 g/mol. The number of rotatable bonds is 4. The Balaban J connectivity index is 2.27. The second kappa shape index (κ2) is 5.26. The molecule has 6 nitrogen and oxygen atoms in total. The minimum absolute atomic E-state index is 0.336. The molecule has 1 N–H and O–H groups in total. The first-order chi connectivity index (χ1) is 9.01. The molecule has 19 heavy (non-hydrogen) atoms. The fourth-order valence-corrected chi connectivity index (χ4v) is 1.80. The minimum Gasteiger partial charge on any atom is -0.294 e. The lowest BCUT2D eigenvalue weighted by atomic mass is 10.3. The van der Waals surface area contributed by atoms with E-state index in [1.54, 1.807) is 13.1 Å². The van der Waals surface area contributed by atoms with Gasteiger partial charge >= 0.3 is 5.69 Å². The SMILES string of the molecule is CCC(C)n1ccc(Cn2cc(C)c(=O)[nH]c2=O)n1. The lowest BCUT2D eigenvalue weighted by Gasteiger charge is -2.08. The lowest BCUT2D eigenvalue weighted by Crippen LogP contribution is -2.31. The third-order valence-electron chi connectivity index (χ3n) is 3.23. The summed E-state index contributed by atoms with van der Waals surface area (Å²) < 4.78 is 3.35. The fraction of sp³-hybridized carbons (Fsp3) is 0.462. The van der Waals surface area contributed by atoms with Crippen molar-refractivity contribution in [3.8, 4) is 0 Å². The monoisotopic (exact) mass is 262 g/mol. The fourth-order valence-electron chi connectivity index (χ4n) is 1.80. The average Bonchev–Trinajstić information content (AvgIpc) is 2.83. The Morgan fingerprint density at radius 2 is 2.16 bits per heavy atom. The number of aryl methyl sites for hydroxylation is 1. The molecule has 2 aromatic rings. The van der Waals surface area contributed by atoms with Gasteiger partial charge < -0.3 is 0 Å². The zero-order valence-electron chi connectivity index (χ0n) is 11.4. The minimum atomic E-state index is -0.409. The van der Waals surface area contributed by atoms with Gasteiger partial charge in [-0.25, -0.2) is 4.79 Å². The summed E-state index contributed by atoms with van der Waals surface area (Å²) in [6, 6.07) is 2.22. The number of nitrogens with zero attached hydrogens (tertiary/aromatic N) is 3. The smallest absolute Gasteiger partial charge is 0.294 e. The van der Waals surface area contributed by atoms with Crippen LogP contribution in [-0.4, -0.2) is 19.3 Å². The van der Waals surface area contributed by atoms with Crippen molar-refractivity contribution in [1.29, 1.82) is 0 Å². The summed E-state index contributed by atoms with van der Waals surface area (Å²) in [6.45, 7) is 6.22. The standard InChI is InChI=1S/C13H18N4O2/c1-4-10(3)17-6-5-11(15-17)8-16-7-9(2)12(18)14-13(16)19/h5-7,10H,4,8H2,1-3H3,(H,14,18,19). The predicted octanol–water partition coefficient (Wildman–Crippen LogP) is 1.06. The molecule has 2 aromatic heterocycles. The number of aromatic amines is 1. The third kappa shape index (κ3) is 2.83.